The molecule has 1 aromatic heterocycles. The third kappa shape index (κ3) is 4.07. The quantitative estimate of drug-likeness (QED) is 0.806. The van der Waals surface area contributed by atoms with Gasteiger partial charge in [0.05, 0.1) is 0 Å². The fourth-order valence-corrected chi connectivity index (χ4v) is 1.91. The SMILES string of the molecule is CC(=O)Nc1ccc(NC(=O)Nc2nccs2)cc1. The van der Waals surface area contributed by atoms with Crippen molar-refractivity contribution >= 4 is 39.8 Å². The van der Waals surface area contributed by atoms with Gasteiger partial charge in [-0.05, 0) is 24.3 Å². The molecule has 1 heterocycles. The average Bonchev–Trinajstić information content (AvgIpc) is 2.83. The van der Waals surface area contributed by atoms with Crippen LogP contribution in [0.5, 0.6) is 0 Å². The number of hydrogen-bond acceptors (Lipinski definition) is 4. The molecule has 0 fully saturated rings. The van der Waals surface area contributed by atoms with Crippen LogP contribution in [0.4, 0.5) is 21.3 Å². The van der Waals surface area contributed by atoms with Crippen LogP contribution in [0.2, 0.25) is 0 Å². The van der Waals surface area contributed by atoms with Gasteiger partial charge in [-0.2, -0.15) is 0 Å². The van der Waals surface area contributed by atoms with Gasteiger partial charge in [-0.1, -0.05) is 0 Å². The van der Waals surface area contributed by atoms with Crippen molar-refractivity contribution in [3.8, 4) is 0 Å². The molecule has 0 saturated carbocycles. The number of carbonyl (C=O) groups is 2. The topological polar surface area (TPSA) is 83.1 Å². The lowest BCUT2D eigenvalue weighted by Gasteiger charge is -2.06. The number of aromatic nitrogens is 1. The van der Waals surface area contributed by atoms with Crippen LogP contribution in [0, 0.1) is 0 Å². The molecule has 6 nitrogen and oxygen atoms in total. The fourth-order valence-electron chi connectivity index (χ4n) is 1.38. The number of carbonyl (C=O) groups excluding carboxylic acids is 2. The van der Waals surface area contributed by atoms with Crippen LogP contribution in [0.1, 0.15) is 6.92 Å². The van der Waals surface area contributed by atoms with Crippen molar-refractivity contribution in [2.75, 3.05) is 16.0 Å². The Hall–Kier alpha value is -2.41. The maximum Gasteiger partial charge on any atom is 0.325 e. The van der Waals surface area contributed by atoms with Gasteiger partial charge in [0.25, 0.3) is 0 Å². The predicted octanol–water partition coefficient (Wildman–Crippen LogP) is 2.75. The number of thiazole rings is 1. The van der Waals surface area contributed by atoms with Crippen molar-refractivity contribution < 1.29 is 9.59 Å². The lowest BCUT2D eigenvalue weighted by atomic mass is 10.3. The molecule has 0 atom stereocenters. The van der Waals surface area contributed by atoms with Gasteiger partial charge >= 0.3 is 6.03 Å². The van der Waals surface area contributed by atoms with Crippen LogP contribution in [-0.4, -0.2) is 16.9 Å². The molecular weight excluding hydrogens is 264 g/mol. The smallest absolute Gasteiger partial charge is 0.325 e. The number of urea groups is 1. The summed E-state index contributed by atoms with van der Waals surface area (Å²) in [6, 6.07) is 6.46. The summed E-state index contributed by atoms with van der Waals surface area (Å²) in [7, 11) is 0. The van der Waals surface area contributed by atoms with E-state index in [1.807, 2.05) is 0 Å². The van der Waals surface area contributed by atoms with E-state index in [4.69, 9.17) is 0 Å². The number of rotatable bonds is 3. The number of benzene rings is 1. The van der Waals surface area contributed by atoms with Crippen molar-refractivity contribution in [2.24, 2.45) is 0 Å². The highest BCUT2D eigenvalue weighted by Gasteiger charge is 2.04. The molecule has 0 aliphatic heterocycles. The molecule has 3 amide bonds. The molecule has 0 unspecified atom stereocenters. The summed E-state index contributed by atoms with van der Waals surface area (Å²) in [5, 5.41) is 10.2. The Kier molecular flexibility index (Phi) is 4.09. The molecule has 98 valence electrons. The van der Waals surface area contributed by atoms with E-state index >= 15 is 0 Å². The van der Waals surface area contributed by atoms with Gasteiger partial charge in [0.1, 0.15) is 0 Å². The fraction of sp³-hybridized carbons (Fsp3) is 0.0833. The van der Waals surface area contributed by atoms with Crippen LogP contribution in [0.3, 0.4) is 0 Å². The van der Waals surface area contributed by atoms with E-state index in [-0.39, 0.29) is 11.9 Å². The zero-order valence-electron chi connectivity index (χ0n) is 10.1. The summed E-state index contributed by atoms with van der Waals surface area (Å²) >= 11 is 1.34. The highest BCUT2D eigenvalue weighted by molar-refractivity contribution is 7.13. The zero-order chi connectivity index (χ0) is 13.7. The van der Waals surface area contributed by atoms with Crippen molar-refractivity contribution in [1.29, 1.82) is 0 Å². The number of anilines is 3. The minimum atomic E-state index is -0.359. The van der Waals surface area contributed by atoms with E-state index in [2.05, 4.69) is 20.9 Å². The van der Waals surface area contributed by atoms with Crippen molar-refractivity contribution in [1.82, 2.24) is 4.98 Å². The summed E-state index contributed by atoms with van der Waals surface area (Å²) < 4.78 is 0. The first-order chi connectivity index (χ1) is 9.13. The third-order valence-corrected chi connectivity index (χ3v) is 2.80. The van der Waals surface area contributed by atoms with E-state index in [1.165, 1.54) is 18.3 Å². The standard InChI is InChI=1S/C12H12N4O2S/c1-8(17)14-9-2-4-10(5-3-9)15-11(18)16-12-13-6-7-19-12/h2-7H,1H3,(H,14,17)(H2,13,15,16,18). The predicted molar refractivity (Wildman–Crippen MR) is 75.5 cm³/mol. The molecule has 1 aromatic carbocycles. The largest absolute Gasteiger partial charge is 0.326 e. The Bertz CT molecular complexity index is 566. The van der Waals surface area contributed by atoms with Gasteiger partial charge in [-0.25, -0.2) is 9.78 Å². The Morgan fingerprint density at radius 2 is 1.68 bits per heavy atom. The highest BCUT2D eigenvalue weighted by Crippen LogP contribution is 2.15. The first kappa shape index (κ1) is 13.0. The Morgan fingerprint density at radius 1 is 1.05 bits per heavy atom. The van der Waals surface area contributed by atoms with Gasteiger partial charge in [0.15, 0.2) is 5.13 Å². The van der Waals surface area contributed by atoms with Crippen molar-refractivity contribution in [2.45, 2.75) is 6.92 Å². The normalized spacial score (nSPS) is 9.74. The second kappa shape index (κ2) is 5.96. The monoisotopic (exact) mass is 276 g/mol. The molecule has 0 aliphatic carbocycles. The van der Waals surface area contributed by atoms with Crippen molar-refractivity contribution in [3.63, 3.8) is 0 Å². The lowest BCUT2D eigenvalue weighted by Crippen LogP contribution is -2.19. The second-order valence-electron chi connectivity index (χ2n) is 3.67. The Balaban J connectivity index is 1.92. The average molecular weight is 276 g/mol. The van der Waals surface area contributed by atoms with E-state index in [1.54, 1.807) is 35.8 Å². The minimum absolute atomic E-state index is 0.137. The van der Waals surface area contributed by atoms with Crippen LogP contribution in [0.25, 0.3) is 0 Å². The van der Waals surface area contributed by atoms with Gasteiger partial charge in [-0.15, -0.1) is 11.3 Å². The van der Waals surface area contributed by atoms with Crippen molar-refractivity contribution in [3.05, 3.63) is 35.8 Å². The summed E-state index contributed by atoms with van der Waals surface area (Å²) in [6.45, 7) is 1.44. The third-order valence-electron chi connectivity index (χ3n) is 2.12. The maximum atomic E-state index is 11.6. The summed E-state index contributed by atoms with van der Waals surface area (Å²) in [6.07, 6.45) is 1.61. The summed E-state index contributed by atoms with van der Waals surface area (Å²) in [4.78, 5) is 26.4. The van der Waals surface area contributed by atoms with E-state index < -0.39 is 0 Å². The minimum Gasteiger partial charge on any atom is -0.326 e. The first-order valence-corrected chi connectivity index (χ1v) is 6.36. The molecule has 19 heavy (non-hydrogen) atoms. The Morgan fingerprint density at radius 3 is 2.21 bits per heavy atom. The summed E-state index contributed by atoms with van der Waals surface area (Å²) in [5.41, 5.74) is 1.31. The second-order valence-corrected chi connectivity index (χ2v) is 4.57. The van der Waals surface area contributed by atoms with Gasteiger partial charge < -0.3 is 10.6 Å². The van der Waals surface area contributed by atoms with Gasteiger partial charge in [0.2, 0.25) is 5.91 Å². The van der Waals surface area contributed by atoms with Crippen LogP contribution < -0.4 is 16.0 Å². The van der Waals surface area contributed by atoms with E-state index in [9.17, 15) is 9.59 Å². The van der Waals surface area contributed by atoms with Gasteiger partial charge in [0, 0.05) is 29.9 Å². The molecule has 3 N–H and O–H groups in total. The zero-order valence-corrected chi connectivity index (χ0v) is 11.0. The highest BCUT2D eigenvalue weighted by atomic mass is 32.1. The van der Waals surface area contributed by atoms with E-state index in [0.29, 0.717) is 16.5 Å². The van der Waals surface area contributed by atoms with Crippen LogP contribution in [0.15, 0.2) is 35.8 Å². The lowest BCUT2D eigenvalue weighted by molar-refractivity contribution is -0.114. The molecular formula is C12H12N4O2S. The molecule has 0 radical (unpaired) electrons. The molecule has 2 rings (SSSR count). The first-order valence-electron chi connectivity index (χ1n) is 5.48. The van der Waals surface area contributed by atoms with E-state index in [0.717, 1.165) is 0 Å². The molecule has 0 spiro atoms. The number of nitrogens with zero attached hydrogens (tertiary/aromatic N) is 1. The molecule has 0 saturated heterocycles. The number of nitrogens with one attached hydrogen (secondary N) is 3. The Labute approximate surface area is 113 Å². The molecule has 7 heteroatoms. The molecule has 0 bridgehead atoms. The van der Waals surface area contributed by atoms with Gasteiger partial charge in [-0.3, -0.25) is 10.1 Å². The number of hydrogen-bond donors (Lipinski definition) is 3. The maximum absolute atomic E-state index is 11.6. The number of amides is 3. The molecule has 2 aromatic rings. The van der Waals surface area contributed by atoms with Crippen LogP contribution in [-0.2, 0) is 4.79 Å². The summed E-state index contributed by atoms with van der Waals surface area (Å²) in [5.74, 6) is -0.137. The molecule has 0 aliphatic rings. The van der Waals surface area contributed by atoms with Crippen LogP contribution >= 0.6 is 11.3 Å².